The van der Waals surface area contributed by atoms with Crippen LogP contribution < -0.4 is 9.62 Å². The van der Waals surface area contributed by atoms with Crippen molar-refractivity contribution in [2.45, 2.75) is 65.1 Å². The maximum atomic E-state index is 14.0. The molecule has 1 unspecified atom stereocenters. The number of carbonyl (C=O) groups excluding carboxylic acids is 2. The van der Waals surface area contributed by atoms with E-state index in [0.717, 1.165) is 11.8 Å². The quantitative estimate of drug-likeness (QED) is 0.250. The van der Waals surface area contributed by atoms with E-state index in [0.29, 0.717) is 33.3 Å². The monoisotopic (exact) mass is 631 g/mol. The van der Waals surface area contributed by atoms with Gasteiger partial charge in [0.15, 0.2) is 0 Å². The molecule has 7 nitrogen and oxygen atoms in total. The van der Waals surface area contributed by atoms with Crippen molar-refractivity contribution in [3.8, 4) is 0 Å². The smallest absolute Gasteiger partial charge is 0.243 e. The molecule has 0 spiro atoms. The summed E-state index contributed by atoms with van der Waals surface area (Å²) in [4.78, 5) is 29.2. The second-order valence-corrected chi connectivity index (χ2v) is 14.1. The zero-order valence-electron chi connectivity index (χ0n) is 24.7. The summed E-state index contributed by atoms with van der Waals surface area (Å²) in [6.45, 7) is 7.63. The van der Waals surface area contributed by atoms with Crippen LogP contribution in [0.2, 0.25) is 10.0 Å². The van der Waals surface area contributed by atoms with Crippen molar-refractivity contribution in [3.05, 3.63) is 99.5 Å². The minimum Gasteiger partial charge on any atom is -0.350 e. The van der Waals surface area contributed by atoms with Gasteiger partial charge in [-0.25, -0.2) is 8.42 Å². The number of hydrogen-bond donors (Lipinski definition) is 1. The van der Waals surface area contributed by atoms with Gasteiger partial charge in [-0.15, -0.1) is 0 Å². The third kappa shape index (κ3) is 9.48. The molecule has 0 saturated heterocycles. The van der Waals surface area contributed by atoms with Crippen molar-refractivity contribution in [1.82, 2.24) is 10.2 Å². The van der Waals surface area contributed by atoms with Gasteiger partial charge in [0.25, 0.3) is 0 Å². The summed E-state index contributed by atoms with van der Waals surface area (Å²) in [5.41, 5.74) is 2.20. The van der Waals surface area contributed by atoms with Gasteiger partial charge in [-0.05, 0) is 69.0 Å². The topological polar surface area (TPSA) is 86.8 Å². The van der Waals surface area contributed by atoms with E-state index in [-0.39, 0.29) is 37.7 Å². The number of sulfonamides is 1. The Morgan fingerprint density at radius 2 is 1.52 bits per heavy atom. The van der Waals surface area contributed by atoms with Gasteiger partial charge in [-0.2, -0.15) is 0 Å². The van der Waals surface area contributed by atoms with E-state index in [9.17, 15) is 18.0 Å². The average Bonchev–Trinajstić information content (AvgIpc) is 2.90. The zero-order valence-corrected chi connectivity index (χ0v) is 27.1. The lowest BCUT2D eigenvalue weighted by atomic mass is 10.00. The van der Waals surface area contributed by atoms with Crippen LogP contribution in [0.4, 0.5) is 5.69 Å². The average molecular weight is 633 g/mol. The molecule has 42 heavy (non-hydrogen) atoms. The first-order chi connectivity index (χ1) is 19.7. The molecule has 2 amide bonds. The molecular weight excluding hydrogens is 593 g/mol. The lowest BCUT2D eigenvalue weighted by Crippen LogP contribution is -2.54. The van der Waals surface area contributed by atoms with Gasteiger partial charge in [0.05, 0.1) is 11.9 Å². The molecule has 0 aromatic heterocycles. The van der Waals surface area contributed by atoms with Crippen LogP contribution >= 0.6 is 23.2 Å². The third-order valence-corrected chi connectivity index (χ3v) is 8.69. The van der Waals surface area contributed by atoms with Gasteiger partial charge < -0.3 is 10.2 Å². The van der Waals surface area contributed by atoms with Crippen LogP contribution in [0.5, 0.6) is 0 Å². The second kappa shape index (κ2) is 14.4. The fourth-order valence-corrected chi connectivity index (χ4v) is 6.05. The van der Waals surface area contributed by atoms with Crippen molar-refractivity contribution in [2.24, 2.45) is 0 Å². The van der Waals surface area contributed by atoms with E-state index in [1.165, 1.54) is 4.31 Å². The molecule has 0 heterocycles. The molecule has 226 valence electrons. The maximum Gasteiger partial charge on any atom is 0.243 e. The fourth-order valence-electron chi connectivity index (χ4n) is 4.67. The van der Waals surface area contributed by atoms with Crippen molar-refractivity contribution in [2.75, 3.05) is 17.1 Å². The Morgan fingerprint density at radius 3 is 2.14 bits per heavy atom. The summed E-state index contributed by atoms with van der Waals surface area (Å²) in [5, 5.41) is 3.98. The van der Waals surface area contributed by atoms with E-state index in [1.807, 2.05) is 69.3 Å². The van der Waals surface area contributed by atoms with Gasteiger partial charge in [0.2, 0.25) is 21.8 Å². The molecule has 1 N–H and O–H groups in total. The first-order valence-electron chi connectivity index (χ1n) is 13.8. The Hall–Kier alpha value is -3.07. The number of nitrogens with zero attached hydrogens (tertiary/aromatic N) is 2. The summed E-state index contributed by atoms with van der Waals surface area (Å²) >= 11 is 12.8. The summed E-state index contributed by atoms with van der Waals surface area (Å²) in [6, 6.07) is 21.0. The van der Waals surface area contributed by atoms with Crippen LogP contribution in [-0.2, 0) is 32.6 Å². The zero-order chi connectivity index (χ0) is 31.1. The first-order valence-corrected chi connectivity index (χ1v) is 16.4. The molecular formula is C32H39Cl2N3O4S. The number of nitrogens with one attached hydrogen (secondary N) is 1. The molecule has 0 aliphatic heterocycles. The molecule has 0 aliphatic carbocycles. The van der Waals surface area contributed by atoms with E-state index in [1.54, 1.807) is 36.1 Å². The number of benzene rings is 3. The van der Waals surface area contributed by atoms with Crippen LogP contribution in [0.3, 0.4) is 0 Å². The van der Waals surface area contributed by atoms with Crippen LogP contribution in [0.25, 0.3) is 0 Å². The predicted octanol–water partition coefficient (Wildman–Crippen LogP) is 6.40. The minimum atomic E-state index is -3.65. The molecule has 1 atom stereocenters. The fraction of sp³-hybridized carbons (Fsp3) is 0.375. The number of carbonyl (C=O) groups is 2. The third-order valence-electron chi connectivity index (χ3n) is 6.73. The number of anilines is 1. The first kappa shape index (κ1) is 33.4. The molecule has 0 radical (unpaired) electrons. The van der Waals surface area contributed by atoms with Gasteiger partial charge in [-0.1, -0.05) is 77.8 Å². The van der Waals surface area contributed by atoms with Crippen LogP contribution in [0.1, 0.15) is 50.3 Å². The molecule has 0 bridgehead atoms. The Morgan fingerprint density at radius 1 is 0.905 bits per heavy atom. The standard InChI is InChI=1S/C32H39Cl2N3O4S/c1-23-26(33)17-11-18-28(23)37(42(5,40)41)20-12-19-30(38)36(22-25-15-9-10-16-27(25)34)29(31(39)35-32(2,3)4)21-24-13-7-6-8-14-24/h6-11,13-18,29H,12,19-22H2,1-5H3,(H,35,39). The van der Waals surface area contributed by atoms with Crippen LogP contribution in [0.15, 0.2) is 72.8 Å². The predicted molar refractivity (Wildman–Crippen MR) is 171 cm³/mol. The molecule has 3 aromatic carbocycles. The van der Waals surface area contributed by atoms with Crippen molar-refractivity contribution in [3.63, 3.8) is 0 Å². The maximum absolute atomic E-state index is 14.0. The van der Waals surface area contributed by atoms with Crippen LogP contribution in [-0.4, -0.2) is 49.5 Å². The van der Waals surface area contributed by atoms with Crippen molar-refractivity contribution < 1.29 is 18.0 Å². The molecule has 3 aromatic rings. The Labute approximate surface area is 259 Å². The summed E-state index contributed by atoms with van der Waals surface area (Å²) in [7, 11) is -3.65. The Bertz CT molecular complexity index is 1490. The van der Waals surface area contributed by atoms with E-state index >= 15 is 0 Å². The van der Waals surface area contributed by atoms with Gasteiger partial charge in [0, 0.05) is 41.5 Å². The summed E-state index contributed by atoms with van der Waals surface area (Å²) < 4.78 is 26.7. The van der Waals surface area contributed by atoms with E-state index < -0.39 is 21.6 Å². The molecule has 3 rings (SSSR count). The van der Waals surface area contributed by atoms with Crippen molar-refractivity contribution >= 4 is 50.7 Å². The normalized spacial score (nSPS) is 12.5. The highest BCUT2D eigenvalue weighted by Gasteiger charge is 2.32. The van der Waals surface area contributed by atoms with Gasteiger partial charge in [0.1, 0.15) is 6.04 Å². The molecule has 0 saturated carbocycles. The Balaban J connectivity index is 1.93. The molecule has 0 aliphatic rings. The van der Waals surface area contributed by atoms with Gasteiger partial charge >= 0.3 is 0 Å². The highest BCUT2D eigenvalue weighted by atomic mass is 35.5. The van der Waals surface area contributed by atoms with E-state index in [4.69, 9.17) is 23.2 Å². The Kier molecular flexibility index (Phi) is 11.5. The molecule has 0 fully saturated rings. The number of rotatable bonds is 12. The van der Waals surface area contributed by atoms with Gasteiger partial charge in [-0.3, -0.25) is 13.9 Å². The second-order valence-electron chi connectivity index (χ2n) is 11.4. The number of hydrogen-bond acceptors (Lipinski definition) is 4. The largest absolute Gasteiger partial charge is 0.350 e. The highest BCUT2D eigenvalue weighted by Crippen LogP contribution is 2.29. The highest BCUT2D eigenvalue weighted by molar-refractivity contribution is 7.92. The number of amides is 2. The van der Waals surface area contributed by atoms with Crippen molar-refractivity contribution in [1.29, 1.82) is 0 Å². The molecule has 10 heteroatoms. The lowest BCUT2D eigenvalue weighted by Gasteiger charge is -2.34. The SMILES string of the molecule is Cc1c(Cl)cccc1N(CCCC(=O)N(Cc1ccccc1Cl)C(Cc1ccccc1)C(=O)NC(C)(C)C)S(C)(=O)=O. The lowest BCUT2D eigenvalue weighted by molar-refractivity contribution is -0.142. The minimum absolute atomic E-state index is 0.0180. The van der Waals surface area contributed by atoms with E-state index in [2.05, 4.69) is 5.32 Å². The summed E-state index contributed by atoms with van der Waals surface area (Å²) in [5.74, 6) is -0.560. The summed E-state index contributed by atoms with van der Waals surface area (Å²) in [6.07, 6.45) is 1.68. The van der Waals surface area contributed by atoms with Crippen LogP contribution in [0, 0.1) is 6.92 Å². The number of halogens is 2.